The third kappa shape index (κ3) is 4.30. The van der Waals surface area contributed by atoms with Gasteiger partial charge in [-0.15, -0.1) is 11.3 Å². The van der Waals surface area contributed by atoms with Crippen LogP contribution >= 0.6 is 11.3 Å². The Balaban J connectivity index is 2.49. The van der Waals surface area contributed by atoms with Crippen LogP contribution in [0.25, 0.3) is 0 Å². The highest BCUT2D eigenvalue weighted by molar-refractivity contribution is 7.12. The first kappa shape index (κ1) is 13.2. The van der Waals surface area contributed by atoms with E-state index in [0.29, 0.717) is 6.54 Å². The molecule has 1 heterocycles. The molecule has 0 spiro atoms. The number of rotatable bonds is 6. The fourth-order valence-electron chi connectivity index (χ4n) is 1.14. The van der Waals surface area contributed by atoms with Crippen molar-refractivity contribution in [3.8, 4) is 0 Å². The Bertz CT molecular complexity index is 360. The lowest BCUT2D eigenvalue weighted by molar-refractivity contribution is -0.136. The molecule has 0 aromatic carbocycles. The topological polar surface area (TPSA) is 69.6 Å². The minimum Gasteiger partial charge on any atom is -0.481 e. The number of carbonyl (C=O) groups is 1. The predicted molar refractivity (Wildman–Crippen MR) is 63.7 cm³/mol. The lowest BCUT2D eigenvalue weighted by Gasteiger charge is -2.22. The van der Waals surface area contributed by atoms with Gasteiger partial charge in [0.15, 0.2) is 0 Å². The number of aliphatic carboxylic acids is 1. The third-order valence-corrected chi connectivity index (χ3v) is 3.26. The molecule has 0 saturated heterocycles. The molecule has 0 saturated carbocycles. The van der Waals surface area contributed by atoms with Crippen molar-refractivity contribution in [3.05, 3.63) is 21.9 Å². The highest BCUT2D eigenvalue weighted by Gasteiger charge is 2.15. The minimum absolute atomic E-state index is 0.0698. The summed E-state index contributed by atoms with van der Waals surface area (Å²) in [5.41, 5.74) is -0.309. The van der Waals surface area contributed by atoms with Crippen molar-refractivity contribution in [1.29, 1.82) is 0 Å². The second kappa shape index (κ2) is 5.43. The maximum absolute atomic E-state index is 10.5. The highest BCUT2D eigenvalue weighted by Crippen LogP contribution is 2.17. The van der Waals surface area contributed by atoms with Gasteiger partial charge >= 0.3 is 5.97 Å². The average Bonchev–Trinajstić information content (AvgIpc) is 2.62. The Hall–Kier alpha value is -0.910. The van der Waals surface area contributed by atoms with E-state index >= 15 is 0 Å². The van der Waals surface area contributed by atoms with Crippen molar-refractivity contribution in [2.24, 2.45) is 0 Å². The van der Waals surface area contributed by atoms with E-state index < -0.39 is 5.97 Å². The van der Waals surface area contributed by atoms with E-state index in [9.17, 15) is 4.79 Å². The summed E-state index contributed by atoms with van der Waals surface area (Å²) >= 11 is 1.49. The first-order chi connectivity index (χ1) is 7.43. The molecule has 1 aromatic rings. The minimum atomic E-state index is -0.808. The molecule has 0 radical (unpaired) electrons. The summed E-state index contributed by atoms with van der Waals surface area (Å²) in [4.78, 5) is 12.4. The molecule has 0 aliphatic carbocycles. The number of carboxylic acids is 1. The Morgan fingerprint density at radius 3 is 2.62 bits per heavy atom. The number of aliphatic hydroxyl groups is 1. The molecule has 0 aliphatic rings. The summed E-state index contributed by atoms with van der Waals surface area (Å²) < 4.78 is 0. The number of thiophene rings is 1. The SMILES string of the molecule is CC(C)(CO)NCc1ccc(CC(=O)O)s1. The molecular formula is C11H17NO3S. The summed E-state index contributed by atoms with van der Waals surface area (Å²) in [6, 6.07) is 3.76. The molecule has 90 valence electrons. The van der Waals surface area contributed by atoms with Gasteiger partial charge < -0.3 is 15.5 Å². The first-order valence-electron chi connectivity index (χ1n) is 5.08. The van der Waals surface area contributed by atoms with Gasteiger partial charge in [0, 0.05) is 21.8 Å². The zero-order valence-electron chi connectivity index (χ0n) is 9.49. The number of aliphatic hydroxyl groups excluding tert-OH is 1. The molecule has 16 heavy (non-hydrogen) atoms. The van der Waals surface area contributed by atoms with Crippen LogP contribution in [0.1, 0.15) is 23.6 Å². The second-order valence-corrected chi connectivity index (χ2v) is 5.59. The van der Waals surface area contributed by atoms with E-state index in [4.69, 9.17) is 10.2 Å². The Morgan fingerprint density at radius 1 is 1.44 bits per heavy atom. The second-order valence-electron chi connectivity index (χ2n) is 4.33. The van der Waals surface area contributed by atoms with E-state index in [1.165, 1.54) is 11.3 Å². The summed E-state index contributed by atoms with van der Waals surface area (Å²) in [7, 11) is 0. The van der Waals surface area contributed by atoms with Gasteiger partial charge in [-0.05, 0) is 26.0 Å². The Labute approximate surface area is 98.9 Å². The van der Waals surface area contributed by atoms with E-state index in [2.05, 4.69) is 5.32 Å². The van der Waals surface area contributed by atoms with Gasteiger partial charge in [0.05, 0.1) is 13.0 Å². The molecule has 1 aromatic heterocycles. The van der Waals surface area contributed by atoms with Crippen LogP contribution in [0.5, 0.6) is 0 Å². The first-order valence-corrected chi connectivity index (χ1v) is 5.90. The number of hydrogen-bond donors (Lipinski definition) is 3. The summed E-state index contributed by atoms with van der Waals surface area (Å²) in [6.07, 6.45) is 0.0774. The quantitative estimate of drug-likeness (QED) is 0.703. The third-order valence-electron chi connectivity index (χ3n) is 2.18. The lowest BCUT2D eigenvalue weighted by Crippen LogP contribution is -2.41. The highest BCUT2D eigenvalue weighted by atomic mass is 32.1. The van der Waals surface area contributed by atoms with Crippen LogP contribution in [0.3, 0.4) is 0 Å². The summed E-state index contributed by atoms with van der Waals surface area (Å²) in [5.74, 6) is -0.808. The maximum atomic E-state index is 10.5. The van der Waals surface area contributed by atoms with E-state index in [1.807, 2.05) is 26.0 Å². The molecule has 0 aliphatic heterocycles. The van der Waals surface area contributed by atoms with Gasteiger partial charge in [0.25, 0.3) is 0 Å². The van der Waals surface area contributed by atoms with Crippen molar-refractivity contribution >= 4 is 17.3 Å². The fourth-order valence-corrected chi connectivity index (χ4v) is 2.09. The standard InChI is InChI=1S/C11H17NO3S/c1-11(2,7-13)12-6-9-4-3-8(16-9)5-10(14)15/h3-4,12-13H,5-7H2,1-2H3,(H,14,15). The number of hydrogen-bond acceptors (Lipinski definition) is 4. The van der Waals surface area contributed by atoms with Crippen molar-refractivity contribution < 1.29 is 15.0 Å². The van der Waals surface area contributed by atoms with Crippen LogP contribution in [0, 0.1) is 0 Å². The molecular weight excluding hydrogens is 226 g/mol. The molecule has 4 nitrogen and oxygen atoms in total. The molecule has 3 N–H and O–H groups in total. The van der Waals surface area contributed by atoms with Gasteiger partial charge in [-0.3, -0.25) is 4.79 Å². The molecule has 0 atom stereocenters. The fraction of sp³-hybridized carbons (Fsp3) is 0.545. The van der Waals surface area contributed by atoms with Crippen molar-refractivity contribution in [2.45, 2.75) is 32.4 Å². The molecule has 5 heteroatoms. The molecule has 0 unspecified atom stereocenters. The van der Waals surface area contributed by atoms with Crippen LogP contribution in [0.2, 0.25) is 0 Å². The molecule has 1 rings (SSSR count). The molecule has 0 fully saturated rings. The number of nitrogens with one attached hydrogen (secondary N) is 1. The van der Waals surface area contributed by atoms with Gasteiger partial charge in [0.2, 0.25) is 0 Å². The summed E-state index contributed by atoms with van der Waals surface area (Å²) in [6.45, 7) is 4.55. The van der Waals surface area contributed by atoms with Crippen molar-refractivity contribution in [2.75, 3.05) is 6.61 Å². The smallest absolute Gasteiger partial charge is 0.308 e. The molecule has 0 amide bonds. The molecule has 0 bridgehead atoms. The van der Waals surface area contributed by atoms with E-state index in [1.54, 1.807) is 0 Å². The zero-order valence-corrected chi connectivity index (χ0v) is 10.3. The van der Waals surface area contributed by atoms with Crippen LogP contribution in [0.4, 0.5) is 0 Å². The zero-order chi connectivity index (χ0) is 12.2. The lowest BCUT2D eigenvalue weighted by atomic mass is 10.1. The predicted octanol–water partition coefficient (Wildman–Crippen LogP) is 1.24. The van der Waals surface area contributed by atoms with E-state index in [0.717, 1.165) is 9.75 Å². The van der Waals surface area contributed by atoms with Crippen molar-refractivity contribution in [3.63, 3.8) is 0 Å². The van der Waals surface area contributed by atoms with Crippen LogP contribution in [0.15, 0.2) is 12.1 Å². The Morgan fingerprint density at radius 2 is 2.06 bits per heavy atom. The largest absolute Gasteiger partial charge is 0.481 e. The van der Waals surface area contributed by atoms with Crippen LogP contribution < -0.4 is 5.32 Å². The monoisotopic (exact) mass is 243 g/mol. The van der Waals surface area contributed by atoms with Gasteiger partial charge in [-0.2, -0.15) is 0 Å². The van der Waals surface area contributed by atoms with Crippen LogP contribution in [-0.2, 0) is 17.8 Å². The Kier molecular flexibility index (Phi) is 4.46. The van der Waals surface area contributed by atoms with E-state index in [-0.39, 0.29) is 18.6 Å². The normalized spacial score (nSPS) is 11.7. The van der Waals surface area contributed by atoms with Crippen LogP contribution in [-0.4, -0.2) is 28.3 Å². The number of carboxylic acid groups (broad SMARTS) is 1. The maximum Gasteiger partial charge on any atom is 0.308 e. The average molecular weight is 243 g/mol. The summed E-state index contributed by atoms with van der Waals surface area (Å²) in [5, 5.41) is 20.9. The van der Waals surface area contributed by atoms with Gasteiger partial charge in [0.1, 0.15) is 0 Å². The van der Waals surface area contributed by atoms with Gasteiger partial charge in [-0.1, -0.05) is 0 Å². The van der Waals surface area contributed by atoms with Crippen molar-refractivity contribution in [1.82, 2.24) is 5.32 Å². The van der Waals surface area contributed by atoms with Gasteiger partial charge in [-0.25, -0.2) is 0 Å².